The van der Waals surface area contributed by atoms with E-state index in [2.05, 4.69) is 31.7 Å². The van der Waals surface area contributed by atoms with Gasteiger partial charge in [-0.2, -0.15) is 0 Å². The molecule has 0 heterocycles. The summed E-state index contributed by atoms with van der Waals surface area (Å²) < 4.78 is 0. The van der Waals surface area contributed by atoms with E-state index in [1.54, 1.807) is 11.1 Å². The fraction of sp³-hybridized carbons (Fsp3) is 0.667. The topological polar surface area (TPSA) is 0 Å². The number of fused-ring (bicyclic) bond motifs is 1. The molecule has 0 radical (unpaired) electrons. The summed E-state index contributed by atoms with van der Waals surface area (Å²) in [5.74, 6) is 3.02. The molecule has 24 heavy (non-hydrogen) atoms. The van der Waals surface area contributed by atoms with Gasteiger partial charge < -0.3 is 0 Å². The van der Waals surface area contributed by atoms with Crippen molar-refractivity contribution in [3.8, 4) is 0 Å². The summed E-state index contributed by atoms with van der Waals surface area (Å²) in [7, 11) is 0. The third-order valence-electron chi connectivity index (χ3n) is 6.70. The highest BCUT2D eigenvalue weighted by Gasteiger charge is 2.29. The second kappa shape index (κ2) is 8.88. The third kappa shape index (κ3) is 4.52. The van der Waals surface area contributed by atoms with Crippen molar-refractivity contribution < 1.29 is 0 Å². The van der Waals surface area contributed by atoms with Crippen LogP contribution in [0.15, 0.2) is 30.9 Å². The lowest BCUT2D eigenvalue weighted by Crippen LogP contribution is -2.26. The first kappa shape index (κ1) is 17.8. The molecular formula is C24H36. The second-order valence-electron chi connectivity index (χ2n) is 8.36. The summed E-state index contributed by atoms with van der Waals surface area (Å²) in [6, 6.07) is 7.29. The lowest BCUT2D eigenvalue weighted by Gasteiger charge is -2.36. The summed E-state index contributed by atoms with van der Waals surface area (Å²) in [5, 5.41) is 0. The van der Waals surface area contributed by atoms with Gasteiger partial charge in [-0.15, -0.1) is 6.58 Å². The standard InChI is InChI=1S/C24H36/c1-3-5-7-19-9-12-21(13-10-19)23-16-15-22-17-20(8-6-4-2)11-14-24(22)18-23/h4,11,14,17,19,21,23H,2-3,5-10,12-13,15-16,18H2,1H3. The first-order valence-electron chi connectivity index (χ1n) is 10.5. The van der Waals surface area contributed by atoms with Gasteiger partial charge in [-0.25, -0.2) is 0 Å². The van der Waals surface area contributed by atoms with Gasteiger partial charge in [-0.3, -0.25) is 0 Å². The predicted molar refractivity (Wildman–Crippen MR) is 105 cm³/mol. The van der Waals surface area contributed by atoms with Crippen molar-refractivity contribution in [2.75, 3.05) is 0 Å². The number of hydrogen-bond acceptors (Lipinski definition) is 0. The molecule has 1 fully saturated rings. The van der Waals surface area contributed by atoms with E-state index >= 15 is 0 Å². The summed E-state index contributed by atoms with van der Waals surface area (Å²) in [4.78, 5) is 0. The average molecular weight is 325 g/mol. The van der Waals surface area contributed by atoms with Crippen molar-refractivity contribution in [1.82, 2.24) is 0 Å². The van der Waals surface area contributed by atoms with Crippen LogP contribution in [0.2, 0.25) is 0 Å². The van der Waals surface area contributed by atoms with Gasteiger partial charge in [0.05, 0.1) is 0 Å². The molecule has 0 bridgehead atoms. The highest BCUT2D eigenvalue weighted by Crippen LogP contribution is 2.40. The van der Waals surface area contributed by atoms with Crippen molar-refractivity contribution in [3.63, 3.8) is 0 Å². The zero-order valence-corrected chi connectivity index (χ0v) is 15.7. The molecule has 1 aromatic rings. The zero-order valence-electron chi connectivity index (χ0n) is 15.7. The van der Waals surface area contributed by atoms with E-state index in [9.17, 15) is 0 Å². The van der Waals surface area contributed by atoms with Gasteiger partial charge in [0.25, 0.3) is 0 Å². The molecule has 2 aliphatic carbocycles. The molecule has 2 aliphatic rings. The van der Waals surface area contributed by atoms with E-state index in [0.29, 0.717) is 0 Å². The Morgan fingerprint density at radius 1 is 1.04 bits per heavy atom. The van der Waals surface area contributed by atoms with Crippen molar-refractivity contribution in [3.05, 3.63) is 47.5 Å². The van der Waals surface area contributed by atoms with Crippen LogP contribution in [0.3, 0.4) is 0 Å². The molecule has 0 heteroatoms. The van der Waals surface area contributed by atoms with Crippen LogP contribution in [-0.2, 0) is 19.3 Å². The van der Waals surface area contributed by atoms with Gasteiger partial charge in [0.1, 0.15) is 0 Å². The molecule has 1 unspecified atom stereocenters. The Hall–Kier alpha value is -1.04. The quantitative estimate of drug-likeness (QED) is 0.478. The van der Waals surface area contributed by atoms with Crippen molar-refractivity contribution in [1.29, 1.82) is 0 Å². The van der Waals surface area contributed by atoms with E-state index in [1.807, 2.05) is 6.08 Å². The van der Waals surface area contributed by atoms with E-state index < -0.39 is 0 Å². The Bertz CT molecular complexity index is 519. The second-order valence-corrected chi connectivity index (χ2v) is 8.36. The summed E-state index contributed by atoms with van der Waals surface area (Å²) in [6.07, 6.45) is 18.7. The van der Waals surface area contributed by atoms with Crippen LogP contribution in [0.4, 0.5) is 0 Å². The normalized spacial score (nSPS) is 26.8. The molecule has 1 saturated carbocycles. The molecule has 1 atom stereocenters. The van der Waals surface area contributed by atoms with Crippen LogP contribution < -0.4 is 0 Å². The van der Waals surface area contributed by atoms with Gasteiger partial charge in [-0.05, 0) is 79.4 Å². The molecule has 3 rings (SSSR count). The lowest BCUT2D eigenvalue weighted by atomic mass is 9.69. The van der Waals surface area contributed by atoms with Crippen LogP contribution in [0.25, 0.3) is 0 Å². The largest absolute Gasteiger partial charge is 0.103 e. The van der Waals surface area contributed by atoms with Crippen LogP contribution in [-0.4, -0.2) is 0 Å². The fourth-order valence-electron chi connectivity index (χ4n) is 5.10. The molecule has 0 spiro atoms. The number of hydrogen-bond donors (Lipinski definition) is 0. The summed E-state index contributed by atoms with van der Waals surface area (Å²) in [5.41, 5.74) is 4.80. The molecule has 132 valence electrons. The van der Waals surface area contributed by atoms with Crippen molar-refractivity contribution in [2.45, 2.75) is 84.0 Å². The van der Waals surface area contributed by atoms with Crippen LogP contribution >= 0.6 is 0 Å². The van der Waals surface area contributed by atoms with E-state index in [4.69, 9.17) is 0 Å². The van der Waals surface area contributed by atoms with Gasteiger partial charge in [-0.1, -0.05) is 63.3 Å². The first-order valence-corrected chi connectivity index (χ1v) is 10.5. The number of allylic oxidation sites excluding steroid dienone is 1. The van der Waals surface area contributed by atoms with Gasteiger partial charge in [0.2, 0.25) is 0 Å². The Labute approximate surface area is 149 Å². The zero-order chi connectivity index (χ0) is 16.8. The predicted octanol–water partition coefficient (Wildman–Crippen LogP) is 6.91. The van der Waals surface area contributed by atoms with Crippen LogP contribution in [0.1, 0.15) is 81.4 Å². The molecule has 0 saturated heterocycles. The molecule has 0 nitrogen and oxygen atoms in total. The van der Waals surface area contributed by atoms with Crippen molar-refractivity contribution >= 4 is 0 Å². The lowest BCUT2D eigenvalue weighted by molar-refractivity contribution is 0.183. The average Bonchev–Trinajstić information content (AvgIpc) is 2.64. The van der Waals surface area contributed by atoms with Gasteiger partial charge in [0.15, 0.2) is 0 Å². The fourth-order valence-corrected chi connectivity index (χ4v) is 5.10. The first-order chi connectivity index (χ1) is 11.8. The van der Waals surface area contributed by atoms with E-state index in [-0.39, 0.29) is 0 Å². The molecule has 0 aliphatic heterocycles. The Kier molecular flexibility index (Phi) is 6.58. The maximum Gasteiger partial charge on any atom is -0.0244 e. The third-order valence-corrected chi connectivity index (χ3v) is 6.70. The Morgan fingerprint density at radius 2 is 1.88 bits per heavy atom. The molecule has 0 N–H and O–H groups in total. The number of rotatable bonds is 7. The molecule has 1 aromatic carbocycles. The Balaban J connectivity index is 1.53. The minimum absolute atomic E-state index is 0.962. The van der Waals surface area contributed by atoms with E-state index in [1.165, 1.54) is 69.8 Å². The van der Waals surface area contributed by atoms with Crippen molar-refractivity contribution in [2.24, 2.45) is 17.8 Å². The highest BCUT2D eigenvalue weighted by atomic mass is 14.3. The SMILES string of the molecule is C=CCCc1ccc2c(c1)CCC(C1CCC(CCCC)CC1)C2. The minimum atomic E-state index is 0.962. The van der Waals surface area contributed by atoms with Crippen LogP contribution in [0, 0.1) is 17.8 Å². The molecule has 0 amide bonds. The summed E-state index contributed by atoms with van der Waals surface area (Å²) >= 11 is 0. The summed E-state index contributed by atoms with van der Waals surface area (Å²) in [6.45, 7) is 6.17. The molecular weight excluding hydrogens is 288 g/mol. The smallest absolute Gasteiger partial charge is 0.0244 e. The Morgan fingerprint density at radius 3 is 2.62 bits per heavy atom. The number of unbranched alkanes of at least 4 members (excludes halogenated alkanes) is 1. The van der Waals surface area contributed by atoms with Gasteiger partial charge >= 0.3 is 0 Å². The monoisotopic (exact) mass is 324 g/mol. The maximum absolute atomic E-state index is 3.85. The number of benzene rings is 1. The highest BCUT2D eigenvalue weighted by molar-refractivity contribution is 5.34. The number of aryl methyl sites for hydroxylation is 2. The molecule has 0 aromatic heterocycles. The van der Waals surface area contributed by atoms with Gasteiger partial charge in [0, 0.05) is 0 Å². The maximum atomic E-state index is 3.85. The van der Waals surface area contributed by atoms with E-state index in [0.717, 1.165) is 30.6 Å². The van der Waals surface area contributed by atoms with Crippen LogP contribution in [0.5, 0.6) is 0 Å². The minimum Gasteiger partial charge on any atom is -0.103 e.